The van der Waals surface area contributed by atoms with E-state index >= 15 is 0 Å². The van der Waals surface area contributed by atoms with Crippen LogP contribution >= 0.6 is 0 Å². The van der Waals surface area contributed by atoms with Crippen molar-refractivity contribution in [2.75, 3.05) is 25.5 Å². The predicted octanol–water partition coefficient (Wildman–Crippen LogP) is 3.53. The van der Waals surface area contributed by atoms with E-state index in [1.807, 2.05) is 31.4 Å². The molecule has 0 spiro atoms. The molecule has 0 aliphatic carbocycles. The summed E-state index contributed by atoms with van der Waals surface area (Å²) in [6.45, 7) is 2.15. The third-order valence-electron chi connectivity index (χ3n) is 4.84. The molecule has 2 heterocycles. The number of benzene rings is 1. The average molecular weight is 324 g/mol. The summed E-state index contributed by atoms with van der Waals surface area (Å²) in [5.41, 5.74) is 2.66. The lowest BCUT2D eigenvalue weighted by Gasteiger charge is -2.35. The zero-order valence-corrected chi connectivity index (χ0v) is 14.9. The lowest BCUT2D eigenvalue weighted by atomic mass is 9.95. The summed E-state index contributed by atoms with van der Waals surface area (Å²) in [6.07, 6.45) is 10.3. The predicted molar refractivity (Wildman–Crippen MR) is 99.2 cm³/mol. The van der Waals surface area contributed by atoms with Crippen LogP contribution < -0.4 is 4.90 Å². The zero-order valence-electron chi connectivity index (χ0n) is 14.9. The third-order valence-corrected chi connectivity index (χ3v) is 4.84. The number of nitrogens with zero attached hydrogens (tertiary/aromatic N) is 4. The fourth-order valence-electron chi connectivity index (χ4n) is 3.47. The van der Waals surface area contributed by atoms with E-state index in [0.717, 1.165) is 18.9 Å². The highest BCUT2D eigenvalue weighted by Gasteiger charge is 2.22. The quantitative estimate of drug-likeness (QED) is 0.814. The molecule has 128 valence electrons. The molecular weight excluding hydrogens is 296 g/mol. The highest BCUT2D eigenvalue weighted by molar-refractivity contribution is 5.26. The second-order valence-corrected chi connectivity index (χ2v) is 6.93. The Kier molecular flexibility index (Phi) is 5.81. The molecule has 24 heavy (non-hydrogen) atoms. The van der Waals surface area contributed by atoms with E-state index in [1.54, 1.807) is 0 Å². The van der Waals surface area contributed by atoms with Crippen LogP contribution in [0.25, 0.3) is 0 Å². The highest BCUT2D eigenvalue weighted by atomic mass is 15.2. The van der Waals surface area contributed by atoms with Gasteiger partial charge in [0.1, 0.15) is 0 Å². The molecule has 1 saturated heterocycles. The van der Waals surface area contributed by atoms with Gasteiger partial charge in [-0.25, -0.2) is 9.97 Å². The number of anilines is 1. The molecule has 1 fully saturated rings. The van der Waals surface area contributed by atoms with Crippen molar-refractivity contribution >= 4 is 5.95 Å². The van der Waals surface area contributed by atoms with Crippen LogP contribution in [-0.4, -0.2) is 41.5 Å². The molecule has 0 bridgehead atoms. The van der Waals surface area contributed by atoms with Gasteiger partial charge in [0, 0.05) is 44.6 Å². The van der Waals surface area contributed by atoms with Crippen molar-refractivity contribution in [2.45, 2.75) is 44.7 Å². The minimum absolute atomic E-state index is 0.674. The van der Waals surface area contributed by atoms with Crippen LogP contribution in [0.4, 0.5) is 5.95 Å². The van der Waals surface area contributed by atoms with E-state index in [4.69, 9.17) is 0 Å². The van der Waals surface area contributed by atoms with Gasteiger partial charge in [0.15, 0.2) is 0 Å². The molecule has 4 nitrogen and oxygen atoms in total. The summed E-state index contributed by atoms with van der Waals surface area (Å²) < 4.78 is 0. The lowest BCUT2D eigenvalue weighted by molar-refractivity contribution is 0.132. The molecule has 1 aromatic heterocycles. The normalized spacial score (nSPS) is 18.5. The first kappa shape index (κ1) is 16.9. The number of hydrogen-bond donors (Lipinski definition) is 0. The molecule has 1 atom stereocenters. The molecule has 1 aromatic carbocycles. The summed E-state index contributed by atoms with van der Waals surface area (Å²) in [4.78, 5) is 13.5. The van der Waals surface area contributed by atoms with Crippen molar-refractivity contribution in [3.8, 4) is 0 Å². The van der Waals surface area contributed by atoms with Gasteiger partial charge >= 0.3 is 0 Å². The van der Waals surface area contributed by atoms with E-state index in [9.17, 15) is 0 Å². The maximum Gasteiger partial charge on any atom is 0.224 e. The Morgan fingerprint density at radius 1 is 1.04 bits per heavy atom. The van der Waals surface area contributed by atoms with Gasteiger partial charge in [-0.2, -0.15) is 0 Å². The highest BCUT2D eigenvalue weighted by Crippen LogP contribution is 2.23. The van der Waals surface area contributed by atoms with E-state index in [0.29, 0.717) is 6.04 Å². The standard InChI is InChI=1S/C20H28N4/c1-23(2)20-21-14-18(15-22-20)16-24-13-7-6-10-19(24)12-11-17-8-4-3-5-9-17/h3-5,8-9,14-15,19H,6-7,10-13,16H2,1-2H3/t19-/m1/s1. The number of piperidine rings is 1. The van der Waals surface area contributed by atoms with Gasteiger partial charge in [0.2, 0.25) is 5.95 Å². The van der Waals surface area contributed by atoms with Crippen LogP contribution in [-0.2, 0) is 13.0 Å². The molecule has 2 aromatic rings. The third kappa shape index (κ3) is 4.54. The van der Waals surface area contributed by atoms with Gasteiger partial charge in [-0.1, -0.05) is 36.8 Å². The molecule has 0 amide bonds. The molecule has 3 rings (SSSR count). The first-order valence-corrected chi connectivity index (χ1v) is 8.98. The summed E-state index contributed by atoms with van der Waals surface area (Å²) in [6, 6.07) is 11.5. The molecular formula is C20H28N4. The Labute approximate surface area is 145 Å². The van der Waals surface area contributed by atoms with Gasteiger partial charge in [-0.3, -0.25) is 4.90 Å². The lowest BCUT2D eigenvalue weighted by Crippen LogP contribution is -2.39. The Morgan fingerprint density at radius 2 is 1.79 bits per heavy atom. The van der Waals surface area contributed by atoms with Crippen molar-refractivity contribution in [1.82, 2.24) is 14.9 Å². The van der Waals surface area contributed by atoms with Crippen molar-refractivity contribution in [3.63, 3.8) is 0 Å². The maximum atomic E-state index is 4.45. The van der Waals surface area contributed by atoms with Crippen molar-refractivity contribution < 1.29 is 0 Å². The number of likely N-dealkylation sites (tertiary alicyclic amines) is 1. The molecule has 1 aliphatic rings. The first-order valence-electron chi connectivity index (χ1n) is 8.98. The van der Waals surface area contributed by atoms with Gasteiger partial charge < -0.3 is 4.90 Å². The van der Waals surface area contributed by atoms with Crippen LogP contribution in [0.1, 0.15) is 36.8 Å². The fourth-order valence-corrected chi connectivity index (χ4v) is 3.47. The Balaban J connectivity index is 1.59. The minimum Gasteiger partial charge on any atom is -0.347 e. The average Bonchev–Trinajstić information content (AvgIpc) is 2.62. The molecule has 0 radical (unpaired) electrons. The van der Waals surface area contributed by atoms with Crippen molar-refractivity contribution in [3.05, 3.63) is 53.9 Å². The molecule has 1 aliphatic heterocycles. The van der Waals surface area contributed by atoms with E-state index in [-0.39, 0.29) is 0 Å². The first-order chi connectivity index (χ1) is 11.7. The molecule has 0 N–H and O–H groups in total. The summed E-state index contributed by atoms with van der Waals surface area (Å²) in [5.74, 6) is 0.776. The van der Waals surface area contributed by atoms with Crippen molar-refractivity contribution in [2.24, 2.45) is 0 Å². The minimum atomic E-state index is 0.674. The van der Waals surface area contributed by atoms with Crippen molar-refractivity contribution in [1.29, 1.82) is 0 Å². The van der Waals surface area contributed by atoms with Crippen LogP contribution in [0.2, 0.25) is 0 Å². The van der Waals surface area contributed by atoms with Crippen LogP contribution in [0.15, 0.2) is 42.7 Å². The fraction of sp³-hybridized carbons (Fsp3) is 0.500. The Morgan fingerprint density at radius 3 is 2.50 bits per heavy atom. The van der Waals surface area contributed by atoms with Gasteiger partial charge in [-0.15, -0.1) is 0 Å². The van der Waals surface area contributed by atoms with E-state index in [2.05, 4.69) is 45.2 Å². The number of rotatable bonds is 6. The monoisotopic (exact) mass is 324 g/mol. The zero-order chi connectivity index (χ0) is 16.8. The van der Waals surface area contributed by atoms with Crippen LogP contribution in [0.3, 0.4) is 0 Å². The second kappa shape index (κ2) is 8.25. The van der Waals surface area contributed by atoms with E-state index < -0.39 is 0 Å². The molecule has 0 saturated carbocycles. The smallest absolute Gasteiger partial charge is 0.224 e. The van der Waals surface area contributed by atoms with Gasteiger partial charge in [-0.05, 0) is 37.8 Å². The molecule has 0 unspecified atom stereocenters. The topological polar surface area (TPSA) is 32.3 Å². The summed E-state index contributed by atoms with van der Waals surface area (Å²) in [5, 5.41) is 0. The van der Waals surface area contributed by atoms with Crippen LogP contribution in [0, 0.1) is 0 Å². The molecule has 4 heteroatoms. The summed E-state index contributed by atoms with van der Waals surface area (Å²) >= 11 is 0. The Hall–Kier alpha value is -1.94. The number of aryl methyl sites for hydroxylation is 1. The second-order valence-electron chi connectivity index (χ2n) is 6.93. The van der Waals surface area contributed by atoms with Crippen LogP contribution in [0.5, 0.6) is 0 Å². The maximum absolute atomic E-state index is 4.45. The SMILES string of the molecule is CN(C)c1ncc(CN2CCCC[C@@H]2CCc2ccccc2)cn1. The van der Waals surface area contributed by atoms with Gasteiger partial charge in [0.05, 0.1) is 0 Å². The van der Waals surface area contributed by atoms with E-state index in [1.165, 1.54) is 43.4 Å². The number of aromatic nitrogens is 2. The number of hydrogen-bond acceptors (Lipinski definition) is 4. The largest absolute Gasteiger partial charge is 0.347 e. The van der Waals surface area contributed by atoms with Gasteiger partial charge in [0.25, 0.3) is 0 Å². The summed E-state index contributed by atoms with van der Waals surface area (Å²) in [7, 11) is 3.94. The Bertz CT molecular complexity index is 609.